The van der Waals surface area contributed by atoms with Gasteiger partial charge in [0.05, 0.1) is 71.8 Å². The summed E-state index contributed by atoms with van der Waals surface area (Å²) in [7, 11) is 13.2. The third-order valence-corrected chi connectivity index (χ3v) is 15.5. The second-order valence-corrected chi connectivity index (χ2v) is 19.4. The van der Waals surface area contributed by atoms with Crippen molar-refractivity contribution >= 4 is 23.6 Å². The summed E-state index contributed by atoms with van der Waals surface area (Å²) in [5, 5.41) is 11.3. The van der Waals surface area contributed by atoms with Gasteiger partial charge in [-0.25, -0.2) is 14.4 Å². The maximum absolute atomic E-state index is 13.3. The Kier molecular flexibility index (Phi) is 14.2. The molecule has 0 N–H and O–H groups in total. The Morgan fingerprint density at radius 2 is 0.975 bits per heavy atom. The highest BCUT2D eigenvalue weighted by atomic mass is 16.7. The van der Waals surface area contributed by atoms with Gasteiger partial charge in [-0.3, -0.25) is 19.9 Å². The fourth-order valence-corrected chi connectivity index (χ4v) is 12.0. The monoisotopic (exact) mass is 1100 g/mol. The van der Waals surface area contributed by atoms with Crippen molar-refractivity contribution in [2.75, 3.05) is 90.0 Å². The quantitative estimate of drug-likeness (QED) is 0.0455. The molecular formula is C59H57N3O18. The average molecular weight is 1100 g/mol. The summed E-state index contributed by atoms with van der Waals surface area (Å²) in [6.45, 7) is 3.46. The third-order valence-electron chi connectivity index (χ3n) is 15.5. The molecule has 6 heterocycles. The van der Waals surface area contributed by atoms with Crippen molar-refractivity contribution in [3.05, 3.63) is 133 Å². The lowest BCUT2D eigenvalue weighted by Crippen LogP contribution is -2.36. The minimum atomic E-state index is -0.671. The van der Waals surface area contributed by atoms with Gasteiger partial charge in [-0.2, -0.15) is 0 Å². The lowest BCUT2D eigenvalue weighted by molar-refractivity contribution is -0.384. The van der Waals surface area contributed by atoms with Crippen molar-refractivity contribution in [2.24, 2.45) is 0 Å². The van der Waals surface area contributed by atoms with Crippen LogP contribution in [0.4, 0.5) is 5.69 Å². The SMILES string of the molecule is CCOC(=O)c1ccc(-c2c3c(c(OC)c4c2OCO4)[C@H]([C@H]2OC(=O)c4c2ccc(OC)c4OC)N(C)CC3)cc1.COc1ccc2c(c1OC)C(=O)O[C@@H]2[C@H]1c2c(c(-c3ccc([N+](=O)[O-])cc3)c3c(c2OC)OCO3)CCN1C. The molecule has 0 aliphatic carbocycles. The fraction of sp³-hybridized carbons (Fsp3) is 0.339. The van der Waals surface area contributed by atoms with Crippen molar-refractivity contribution in [3.8, 4) is 79.7 Å². The predicted octanol–water partition coefficient (Wildman–Crippen LogP) is 9.18. The van der Waals surface area contributed by atoms with E-state index in [2.05, 4.69) is 9.80 Å². The van der Waals surface area contributed by atoms with Gasteiger partial charge in [-0.15, -0.1) is 0 Å². The number of methoxy groups -OCH3 is 6. The number of non-ortho nitro benzene ring substituents is 1. The van der Waals surface area contributed by atoms with Crippen molar-refractivity contribution in [2.45, 2.75) is 44.1 Å². The van der Waals surface area contributed by atoms with Crippen LogP contribution in [0.5, 0.6) is 57.5 Å². The van der Waals surface area contributed by atoms with Gasteiger partial charge in [-0.1, -0.05) is 24.3 Å². The van der Waals surface area contributed by atoms with Gasteiger partial charge in [-0.05, 0) is 92.5 Å². The molecule has 12 rings (SSSR count). The van der Waals surface area contributed by atoms with Crippen LogP contribution in [0.15, 0.2) is 72.8 Å². The van der Waals surface area contributed by atoms with Gasteiger partial charge in [0.15, 0.2) is 46.0 Å². The second kappa shape index (κ2) is 21.4. The van der Waals surface area contributed by atoms with Crippen LogP contribution >= 0.6 is 0 Å². The molecule has 6 aliphatic rings. The topological polar surface area (TPSA) is 221 Å². The van der Waals surface area contributed by atoms with E-state index >= 15 is 0 Å². The molecule has 6 aromatic carbocycles. The maximum atomic E-state index is 13.3. The van der Waals surface area contributed by atoms with Crippen molar-refractivity contribution in [1.29, 1.82) is 0 Å². The average Bonchev–Trinajstić information content (AvgIpc) is 4.46. The molecule has 6 aromatic rings. The Bertz CT molecular complexity index is 3490. The van der Waals surface area contributed by atoms with Gasteiger partial charge < -0.3 is 61.6 Å². The lowest BCUT2D eigenvalue weighted by atomic mass is 9.81. The molecule has 0 saturated carbocycles. The standard InChI is InChI=1S/C31H31NO9.C28H26N2O9/c1-6-38-30(33)17-9-7-16(8-10-17)21-18-13-14-32(2)24(22(18)27(37-5)29-28(21)39-15-40-29)25-19-11-12-20(35-3)26(36-4)23(19)31(34)41-25;1-29-12-11-16-19(14-5-7-15(8-6-14)30(32)33)26-27(38-13-37-26)25(36-4)20(16)22(29)23-17-9-10-18(34-2)24(35-3)21(17)28(31)39-23/h7-12,24-25H,6,13-15H2,1-5H3;5-10,22-23H,11-13H2,1-4H3/t24-,25+;22-,23+/m11/s1. The van der Waals surface area contributed by atoms with Crippen LogP contribution in [0, 0.1) is 10.1 Å². The maximum Gasteiger partial charge on any atom is 0.343 e. The van der Waals surface area contributed by atoms with Crippen LogP contribution in [0.2, 0.25) is 0 Å². The number of esters is 3. The fourth-order valence-electron chi connectivity index (χ4n) is 12.0. The molecule has 0 unspecified atom stereocenters. The number of nitrogens with zero attached hydrogens (tertiary/aromatic N) is 3. The molecule has 0 spiro atoms. The molecule has 0 aromatic heterocycles. The molecule has 21 heteroatoms. The predicted molar refractivity (Wildman–Crippen MR) is 285 cm³/mol. The van der Waals surface area contributed by atoms with E-state index in [-0.39, 0.29) is 25.2 Å². The lowest BCUT2D eigenvalue weighted by Gasteiger charge is -2.39. The molecule has 0 bridgehead atoms. The minimum Gasteiger partial charge on any atom is -0.493 e. The summed E-state index contributed by atoms with van der Waals surface area (Å²) >= 11 is 0. The number of benzene rings is 6. The van der Waals surface area contributed by atoms with E-state index in [9.17, 15) is 24.5 Å². The van der Waals surface area contributed by atoms with E-state index in [4.69, 9.17) is 61.6 Å². The number of fused-ring (bicyclic) bond motifs is 6. The van der Waals surface area contributed by atoms with Crippen molar-refractivity contribution in [1.82, 2.24) is 9.80 Å². The van der Waals surface area contributed by atoms with E-state index in [1.54, 1.807) is 57.5 Å². The number of cyclic esters (lactones) is 2. The highest BCUT2D eigenvalue weighted by molar-refractivity contribution is 5.99. The minimum absolute atomic E-state index is 0.00726. The van der Waals surface area contributed by atoms with Gasteiger partial charge >= 0.3 is 17.9 Å². The first kappa shape index (κ1) is 53.1. The van der Waals surface area contributed by atoms with Crippen LogP contribution < -0.4 is 47.4 Å². The number of likely N-dealkylation sites (N-methyl/N-ethyl adjacent to an activating group) is 2. The van der Waals surface area contributed by atoms with E-state index in [1.807, 2.05) is 38.4 Å². The largest absolute Gasteiger partial charge is 0.493 e. The van der Waals surface area contributed by atoms with Crippen molar-refractivity contribution < 1.29 is 80.9 Å². The zero-order valence-electron chi connectivity index (χ0n) is 45.4. The summed E-state index contributed by atoms with van der Waals surface area (Å²) in [5.74, 6) is 3.31. The molecule has 416 valence electrons. The number of nitro groups is 1. The number of carbonyl (C=O) groups excluding carboxylic acids is 3. The highest BCUT2D eigenvalue weighted by Gasteiger charge is 2.49. The van der Waals surface area contributed by atoms with Crippen LogP contribution in [-0.4, -0.2) is 123 Å². The van der Waals surface area contributed by atoms with Gasteiger partial charge in [0.2, 0.25) is 25.1 Å². The number of hydrogen-bond acceptors (Lipinski definition) is 20. The van der Waals surface area contributed by atoms with Crippen LogP contribution in [0.25, 0.3) is 22.3 Å². The van der Waals surface area contributed by atoms with Gasteiger partial charge in [0.1, 0.15) is 23.3 Å². The number of carbonyl (C=O) groups is 3. The second-order valence-electron chi connectivity index (χ2n) is 19.4. The van der Waals surface area contributed by atoms with Crippen LogP contribution in [-0.2, 0) is 27.1 Å². The third kappa shape index (κ3) is 8.49. The zero-order valence-corrected chi connectivity index (χ0v) is 45.4. The molecule has 21 nitrogen and oxygen atoms in total. The summed E-state index contributed by atoms with van der Waals surface area (Å²) < 4.78 is 74.9. The summed E-state index contributed by atoms with van der Waals surface area (Å²) in [6, 6.07) is 20.0. The summed E-state index contributed by atoms with van der Waals surface area (Å²) in [5.41, 5.74) is 9.38. The molecule has 0 radical (unpaired) electrons. The van der Waals surface area contributed by atoms with Gasteiger partial charge in [0, 0.05) is 58.6 Å². The first-order valence-electron chi connectivity index (χ1n) is 25.7. The highest BCUT2D eigenvalue weighted by Crippen LogP contribution is 2.61. The van der Waals surface area contributed by atoms with E-state index in [0.29, 0.717) is 118 Å². The smallest absolute Gasteiger partial charge is 0.343 e. The Hall–Kier alpha value is -8.95. The molecule has 0 fully saturated rings. The summed E-state index contributed by atoms with van der Waals surface area (Å²) in [6.07, 6.45) is 0.00946. The zero-order chi connectivity index (χ0) is 56.3. The van der Waals surface area contributed by atoms with Crippen LogP contribution in [0.1, 0.15) is 95.7 Å². The molecular weight excluding hydrogens is 1040 g/mol. The molecule has 80 heavy (non-hydrogen) atoms. The molecule has 6 aliphatic heterocycles. The van der Waals surface area contributed by atoms with Crippen molar-refractivity contribution in [3.63, 3.8) is 0 Å². The van der Waals surface area contributed by atoms with E-state index in [1.165, 1.54) is 40.6 Å². The molecule has 0 amide bonds. The van der Waals surface area contributed by atoms with E-state index < -0.39 is 41.2 Å². The van der Waals surface area contributed by atoms with E-state index in [0.717, 1.165) is 44.5 Å². The number of rotatable bonds is 13. The Morgan fingerprint density at radius 3 is 1.36 bits per heavy atom. The molecule has 0 saturated heterocycles. The summed E-state index contributed by atoms with van der Waals surface area (Å²) in [4.78, 5) is 53.9. The van der Waals surface area contributed by atoms with Crippen LogP contribution in [0.3, 0.4) is 0 Å². The first-order chi connectivity index (χ1) is 38.8. The number of nitro benzene ring substituents is 1. The number of hydrogen-bond donors (Lipinski definition) is 0. The molecule has 4 atom stereocenters. The Morgan fingerprint density at radius 1 is 0.562 bits per heavy atom. The number of ether oxygens (including phenoxy) is 13. The Labute approximate surface area is 459 Å². The Balaban J connectivity index is 0.000000169. The first-order valence-corrected chi connectivity index (χ1v) is 25.7. The normalized spacial score (nSPS) is 19.0. The van der Waals surface area contributed by atoms with Gasteiger partial charge in [0.25, 0.3) is 5.69 Å².